The van der Waals surface area contributed by atoms with Gasteiger partial charge in [0.25, 0.3) is 0 Å². The highest BCUT2D eigenvalue weighted by Gasteiger charge is 2.40. The molecule has 1 aromatic carbocycles. The maximum atomic E-state index is 14.0. The number of rotatable bonds is 7. The van der Waals surface area contributed by atoms with E-state index in [0.29, 0.717) is 12.6 Å². The third-order valence-corrected chi connectivity index (χ3v) is 4.38. The Bertz CT molecular complexity index is 527. The zero-order chi connectivity index (χ0) is 16.5. The number of halogens is 1. The van der Waals surface area contributed by atoms with Gasteiger partial charge in [-0.25, -0.2) is 4.39 Å². The van der Waals surface area contributed by atoms with Crippen LogP contribution in [-0.2, 0) is 11.2 Å². The van der Waals surface area contributed by atoms with Crippen molar-refractivity contribution in [2.45, 2.75) is 64.3 Å². The van der Waals surface area contributed by atoms with Crippen LogP contribution in [0.2, 0.25) is 0 Å². The summed E-state index contributed by atoms with van der Waals surface area (Å²) in [5.41, 5.74) is -1.21. The number of hydrogen-bond donors (Lipinski definition) is 3. The van der Waals surface area contributed by atoms with E-state index in [0.717, 1.165) is 5.56 Å². The number of aliphatic hydroxyl groups is 1. The Balaban J connectivity index is 2.10. The Morgan fingerprint density at radius 2 is 1.95 bits per heavy atom. The van der Waals surface area contributed by atoms with E-state index in [1.54, 1.807) is 39.8 Å². The minimum absolute atomic E-state index is 0.0902. The molecule has 0 spiro atoms. The summed E-state index contributed by atoms with van der Waals surface area (Å²) in [6.45, 7) is 7.14. The van der Waals surface area contributed by atoms with Crippen molar-refractivity contribution in [2.75, 3.05) is 0 Å². The first-order chi connectivity index (χ1) is 10.1. The van der Waals surface area contributed by atoms with Crippen LogP contribution in [0.1, 0.15) is 46.1 Å². The van der Waals surface area contributed by atoms with Crippen molar-refractivity contribution >= 4 is 12.6 Å². The predicted octanol–water partition coefficient (Wildman–Crippen LogP) is 1.33. The zero-order valence-corrected chi connectivity index (χ0v) is 13.7. The van der Waals surface area contributed by atoms with E-state index in [4.69, 9.17) is 4.65 Å². The van der Waals surface area contributed by atoms with Crippen LogP contribution in [0, 0.1) is 5.82 Å². The molecule has 22 heavy (non-hydrogen) atoms. The van der Waals surface area contributed by atoms with E-state index >= 15 is 0 Å². The van der Waals surface area contributed by atoms with Gasteiger partial charge in [-0.2, -0.15) is 0 Å². The summed E-state index contributed by atoms with van der Waals surface area (Å²) >= 11 is 0. The molecule has 0 unspecified atom stereocenters. The molecule has 1 saturated carbocycles. The third kappa shape index (κ3) is 4.29. The normalized spacial score (nSPS) is 16.0. The number of nitrogens with one attached hydrogen (secondary N) is 1. The molecule has 2 rings (SSSR count). The van der Waals surface area contributed by atoms with E-state index in [-0.39, 0.29) is 5.46 Å². The average Bonchev–Trinajstić information content (AvgIpc) is 3.19. The van der Waals surface area contributed by atoms with Crippen molar-refractivity contribution < 1.29 is 19.2 Å². The van der Waals surface area contributed by atoms with Gasteiger partial charge in [-0.15, -0.1) is 0 Å². The van der Waals surface area contributed by atoms with Gasteiger partial charge in [-0.1, -0.05) is 12.1 Å². The molecule has 1 aromatic rings. The van der Waals surface area contributed by atoms with Gasteiger partial charge < -0.3 is 20.1 Å². The van der Waals surface area contributed by atoms with Crippen LogP contribution in [0.15, 0.2) is 18.2 Å². The quantitative estimate of drug-likeness (QED) is 0.665. The fourth-order valence-electron chi connectivity index (χ4n) is 1.93. The second-order valence-electron chi connectivity index (χ2n) is 7.05. The minimum atomic E-state index is -1.43. The maximum absolute atomic E-state index is 14.0. The summed E-state index contributed by atoms with van der Waals surface area (Å²) in [6.07, 6.45) is 2.36. The summed E-state index contributed by atoms with van der Waals surface area (Å²) in [4.78, 5) is 0. The lowest BCUT2D eigenvalue weighted by Gasteiger charge is -2.38. The SMILES string of the molecule is CC(C)(O)C(C)(C)OB(O)c1cc(CNC2CC2)ccc1F. The molecule has 0 bridgehead atoms. The lowest BCUT2D eigenvalue weighted by atomic mass is 9.75. The highest BCUT2D eigenvalue weighted by Crippen LogP contribution is 2.25. The van der Waals surface area contributed by atoms with Crippen molar-refractivity contribution in [3.05, 3.63) is 29.6 Å². The van der Waals surface area contributed by atoms with Crippen LogP contribution in [0.3, 0.4) is 0 Å². The van der Waals surface area contributed by atoms with Crippen molar-refractivity contribution in [3.8, 4) is 0 Å². The lowest BCUT2D eigenvalue weighted by molar-refractivity contribution is -0.0983. The molecule has 0 heterocycles. The van der Waals surface area contributed by atoms with Crippen LogP contribution in [-0.4, -0.2) is 34.5 Å². The van der Waals surface area contributed by atoms with E-state index in [1.165, 1.54) is 18.9 Å². The highest BCUT2D eigenvalue weighted by molar-refractivity contribution is 6.60. The molecule has 1 aliphatic rings. The number of benzene rings is 1. The molecule has 3 N–H and O–H groups in total. The standard InChI is InChI=1S/C16H25BFNO3/c1-15(2,20)16(3,4)22-17(21)13-9-11(5-8-14(13)18)10-19-12-6-7-12/h5,8-9,12,19-21H,6-7,10H2,1-4H3. The highest BCUT2D eigenvalue weighted by atomic mass is 19.1. The Morgan fingerprint density at radius 3 is 2.50 bits per heavy atom. The largest absolute Gasteiger partial charge is 0.494 e. The van der Waals surface area contributed by atoms with Gasteiger partial charge in [0.05, 0.1) is 11.2 Å². The molecule has 0 radical (unpaired) electrons. The first-order valence-electron chi connectivity index (χ1n) is 7.70. The molecule has 0 atom stereocenters. The fourth-order valence-corrected chi connectivity index (χ4v) is 1.93. The molecule has 0 aromatic heterocycles. The topological polar surface area (TPSA) is 61.7 Å². The summed E-state index contributed by atoms with van der Waals surface area (Å²) in [5.74, 6) is -0.519. The molecule has 6 heteroatoms. The average molecular weight is 309 g/mol. The molecular weight excluding hydrogens is 284 g/mol. The molecular formula is C16H25BFNO3. The third-order valence-electron chi connectivity index (χ3n) is 4.38. The van der Waals surface area contributed by atoms with Crippen molar-refractivity contribution in [3.63, 3.8) is 0 Å². The van der Waals surface area contributed by atoms with E-state index in [9.17, 15) is 14.5 Å². The summed E-state index contributed by atoms with van der Waals surface area (Å²) in [7, 11) is -1.43. The summed E-state index contributed by atoms with van der Waals surface area (Å²) < 4.78 is 19.5. The Hall–Kier alpha value is -0.945. The maximum Gasteiger partial charge on any atom is 0.494 e. The van der Waals surface area contributed by atoms with E-state index < -0.39 is 24.1 Å². The Morgan fingerprint density at radius 1 is 1.32 bits per heavy atom. The van der Waals surface area contributed by atoms with Crippen molar-refractivity contribution in [1.82, 2.24) is 5.32 Å². The molecule has 122 valence electrons. The second kappa shape index (κ2) is 6.28. The van der Waals surface area contributed by atoms with Crippen LogP contribution in [0.5, 0.6) is 0 Å². The zero-order valence-electron chi connectivity index (χ0n) is 13.7. The smallest absolute Gasteiger partial charge is 0.423 e. The molecule has 0 saturated heterocycles. The lowest BCUT2D eigenvalue weighted by Crippen LogP contribution is -2.53. The van der Waals surface area contributed by atoms with Gasteiger partial charge in [0.15, 0.2) is 0 Å². The van der Waals surface area contributed by atoms with Crippen LogP contribution in [0.4, 0.5) is 4.39 Å². The molecule has 4 nitrogen and oxygen atoms in total. The van der Waals surface area contributed by atoms with Gasteiger partial charge in [0.2, 0.25) is 0 Å². The summed E-state index contributed by atoms with van der Waals surface area (Å²) in [5, 5.41) is 23.6. The van der Waals surface area contributed by atoms with Gasteiger partial charge in [0, 0.05) is 18.0 Å². The van der Waals surface area contributed by atoms with Crippen LogP contribution < -0.4 is 10.8 Å². The van der Waals surface area contributed by atoms with E-state index in [1.807, 2.05) is 0 Å². The molecule has 0 aliphatic heterocycles. The predicted molar refractivity (Wildman–Crippen MR) is 85.3 cm³/mol. The van der Waals surface area contributed by atoms with Crippen molar-refractivity contribution in [2.24, 2.45) is 0 Å². The van der Waals surface area contributed by atoms with Gasteiger partial charge in [-0.05, 0) is 52.2 Å². The van der Waals surface area contributed by atoms with Crippen molar-refractivity contribution in [1.29, 1.82) is 0 Å². The van der Waals surface area contributed by atoms with Crippen LogP contribution in [0.25, 0.3) is 0 Å². The summed E-state index contributed by atoms with van der Waals surface area (Å²) in [6, 6.07) is 5.20. The molecule has 1 aliphatic carbocycles. The van der Waals surface area contributed by atoms with Gasteiger partial charge >= 0.3 is 7.12 Å². The monoisotopic (exact) mass is 309 g/mol. The first kappa shape index (κ1) is 17.4. The molecule has 0 amide bonds. The Kier molecular flexibility index (Phi) is 4.97. The van der Waals surface area contributed by atoms with Gasteiger partial charge in [-0.3, -0.25) is 0 Å². The van der Waals surface area contributed by atoms with Crippen LogP contribution >= 0.6 is 0 Å². The minimum Gasteiger partial charge on any atom is -0.423 e. The first-order valence-corrected chi connectivity index (χ1v) is 7.70. The van der Waals surface area contributed by atoms with Gasteiger partial charge in [0.1, 0.15) is 5.82 Å². The van der Waals surface area contributed by atoms with E-state index in [2.05, 4.69) is 5.32 Å². The Labute approximate surface area is 131 Å². The fraction of sp³-hybridized carbons (Fsp3) is 0.625. The second-order valence-corrected chi connectivity index (χ2v) is 7.05. The molecule has 1 fully saturated rings. The number of hydrogen-bond acceptors (Lipinski definition) is 4.